The molecule has 1 aliphatic rings. The van der Waals surface area contributed by atoms with Crippen LogP contribution in [0, 0.1) is 5.92 Å². The first-order chi connectivity index (χ1) is 11.1. The van der Waals surface area contributed by atoms with E-state index in [2.05, 4.69) is 42.4 Å². The Morgan fingerprint density at radius 1 is 1.25 bits per heavy atom. The summed E-state index contributed by atoms with van der Waals surface area (Å²) in [5.41, 5.74) is 2.15. The highest BCUT2D eigenvalue weighted by Crippen LogP contribution is 2.23. The van der Waals surface area contributed by atoms with Crippen molar-refractivity contribution < 1.29 is 4.79 Å². The molecule has 136 valence electrons. The van der Waals surface area contributed by atoms with Crippen LogP contribution in [0.2, 0.25) is 0 Å². The number of nitrogens with one attached hydrogen (secondary N) is 2. The van der Waals surface area contributed by atoms with E-state index in [0.29, 0.717) is 12.5 Å². The van der Waals surface area contributed by atoms with E-state index in [1.54, 1.807) is 0 Å². The lowest BCUT2D eigenvalue weighted by Crippen LogP contribution is -2.41. The monoisotopic (exact) mass is 353 g/mol. The van der Waals surface area contributed by atoms with Crippen LogP contribution in [0.15, 0.2) is 24.3 Å². The standard InChI is InChI=1S/C19H31N3O.ClH/c1-4-20-13-16-9-11-22(12-10-16)14-19(23)21-18-8-6-5-7-17(18)15(2)3;/h5-8,15-16,20H,4,9-14H2,1-3H3,(H,21,23);1H. The third kappa shape index (κ3) is 6.42. The molecule has 0 atom stereocenters. The summed E-state index contributed by atoms with van der Waals surface area (Å²) in [5.74, 6) is 1.27. The van der Waals surface area contributed by atoms with E-state index < -0.39 is 0 Å². The van der Waals surface area contributed by atoms with Crippen LogP contribution in [0.3, 0.4) is 0 Å². The van der Waals surface area contributed by atoms with Gasteiger partial charge in [0.05, 0.1) is 6.54 Å². The van der Waals surface area contributed by atoms with Gasteiger partial charge in [0.25, 0.3) is 0 Å². The van der Waals surface area contributed by atoms with Crippen molar-refractivity contribution in [1.82, 2.24) is 10.2 Å². The van der Waals surface area contributed by atoms with Gasteiger partial charge < -0.3 is 10.6 Å². The number of benzene rings is 1. The number of halogens is 1. The van der Waals surface area contributed by atoms with Gasteiger partial charge in [-0.15, -0.1) is 12.4 Å². The third-order valence-electron chi connectivity index (χ3n) is 4.61. The van der Waals surface area contributed by atoms with Gasteiger partial charge in [-0.05, 0) is 62.5 Å². The smallest absolute Gasteiger partial charge is 0.238 e. The summed E-state index contributed by atoms with van der Waals surface area (Å²) in [7, 11) is 0. The number of amides is 1. The van der Waals surface area contributed by atoms with Crippen LogP contribution in [0.25, 0.3) is 0 Å². The summed E-state index contributed by atoms with van der Waals surface area (Å²) >= 11 is 0. The molecule has 0 aliphatic carbocycles. The van der Waals surface area contributed by atoms with Gasteiger partial charge in [0.15, 0.2) is 0 Å². The molecule has 1 aliphatic heterocycles. The van der Waals surface area contributed by atoms with Crippen molar-refractivity contribution >= 4 is 24.0 Å². The van der Waals surface area contributed by atoms with E-state index in [-0.39, 0.29) is 18.3 Å². The number of rotatable bonds is 7. The Balaban J connectivity index is 0.00000288. The van der Waals surface area contributed by atoms with Crippen molar-refractivity contribution in [3.63, 3.8) is 0 Å². The normalized spacial score (nSPS) is 16.0. The molecule has 0 bridgehead atoms. The second kappa shape index (κ2) is 10.7. The molecule has 2 rings (SSSR count). The fourth-order valence-corrected chi connectivity index (χ4v) is 3.20. The Morgan fingerprint density at radius 3 is 2.54 bits per heavy atom. The number of piperidine rings is 1. The second-order valence-electron chi connectivity index (χ2n) is 6.82. The maximum atomic E-state index is 12.3. The van der Waals surface area contributed by atoms with Crippen LogP contribution >= 0.6 is 12.4 Å². The molecular formula is C19H32ClN3O. The molecular weight excluding hydrogens is 322 g/mol. The summed E-state index contributed by atoms with van der Waals surface area (Å²) in [6.45, 7) is 11.1. The Bertz CT molecular complexity index is 499. The molecule has 0 saturated carbocycles. The number of hydrogen-bond acceptors (Lipinski definition) is 3. The zero-order chi connectivity index (χ0) is 16.7. The highest BCUT2D eigenvalue weighted by Gasteiger charge is 2.20. The van der Waals surface area contributed by atoms with Gasteiger partial charge in [0.1, 0.15) is 0 Å². The van der Waals surface area contributed by atoms with E-state index >= 15 is 0 Å². The number of likely N-dealkylation sites (tertiary alicyclic amines) is 1. The van der Waals surface area contributed by atoms with Gasteiger partial charge in [-0.3, -0.25) is 9.69 Å². The average molecular weight is 354 g/mol. The van der Waals surface area contributed by atoms with Crippen molar-refractivity contribution in [1.29, 1.82) is 0 Å². The average Bonchev–Trinajstić information content (AvgIpc) is 2.54. The first-order valence-electron chi connectivity index (χ1n) is 8.92. The molecule has 0 radical (unpaired) electrons. The van der Waals surface area contributed by atoms with Crippen LogP contribution in [0.1, 0.15) is 45.1 Å². The van der Waals surface area contributed by atoms with Gasteiger partial charge in [0.2, 0.25) is 5.91 Å². The minimum atomic E-state index is 0. The summed E-state index contributed by atoms with van der Waals surface area (Å²) in [4.78, 5) is 14.6. The number of para-hydroxylation sites is 1. The molecule has 1 saturated heterocycles. The van der Waals surface area contributed by atoms with Crippen molar-refractivity contribution in [3.8, 4) is 0 Å². The van der Waals surface area contributed by atoms with Crippen molar-refractivity contribution in [2.75, 3.05) is 38.0 Å². The van der Waals surface area contributed by atoms with E-state index in [1.807, 2.05) is 18.2 Å². The zero-order valence-corrected chi connectivity index (χ0v) is 16.0. The van der Waals surface area contributed by atoms with Gasteiger partial charge >= 0.3 is 0 Å². The molecule has 0 unspecified atom stereocenters. The maximum absolute atomic E-state index is 12.3. The van der Waals surface area contributed by atoms with E-state index in [0.717, 1.165) is 37.8 Å². The lowest BCUT2D eigenvalue weighted by Gasteiger charge is -2.31. The molecule has 0 aromatic heterocycles. The van der Waals surface area contributed by atoms with Gasteiger partial charge in [-0.2, -0.15) is 0 Å². The number of anilines is 1. The van der Waals surface area contributed by atoms with Gasteiger partial charge in [0, 0.05) is 5.69 Å². The van der Waals surface area contributed by atoms with Gasteiger partial charge in [-0.1, -0.05) is 39.0 Å². The van der Waals surface area contributed by atoms with Crippen molar-refractivity contribution in [3.05, 3.63) is 29.8 Å². The summed E-state index contributed by atoms with van der Waals surface area (Å²) in [6, 6.07) is 8.09. The predicted octanol–water partition coefficient (Wildman–Crippen LogP) is 3.49. The number of hydrogen-bond donors (Lipinski definition) is 2. The quantitative estimate of drug-likeness (QED) is 0.788. The van der Waals surface area contributed by atoms with Crippen LogP contribution in [0.5, 0.6) is 0 Å². The number of carbonyl (C=O) groups is 1. The topological polar surface area (TPSA) is 44.4 Å². The summed E-state index contributed by atoms with van der Waals surface area (Å²) < 4.78 is 0. The molecule has 1 amide bonds. The summed E-state index contributed by atoms with van der Waals surface area (Å²) in [5, 5.41) is 6.52. The Labute approximate surface area is 152 Å². The molecule has 24 heavy (non-hydrogen) atoms. The van der Waals surface area contributed by atoms with Gasteiger partial charge in [-0.25, -0.2) is 0 Å². The Morgan fingerprint density at radius 2 is 1.92 bits per heavy atom. The lowest BCUT2D eigenvalue weighted by atomic mass is 9.97. The lowest BCUT2D eigenvalue weighted by molar-refractivity contribution is -0.117. The highest BCUT2D eigenvalue weighted by molar-refractivity contribution is 5.93. The first-order valence-corrected chi connectivity index (χ1v) is 8.92. The molecule has 1 fully saturated rings. The minimum absolute atomic E-state index is 0. The molecule has 0 spiro atoms. The minimum Gasteiger partial charge on any atom is -0.325 e. The molecule has 1 heterocycles. The largest absolute Gasteiger partial charge is 0.325 e. The van der Waals surface area contributed by atoms with Crippen LogP contribution in [-0.4, -0.2) is 43.5 Å². The zero-order valence-electron chi connectivity index (χ0n) is 15.2. The molecule has 4 nitrogen and oxygen atoms in total. The SMILES string of the molecule is CCNCC1CCN(CC(=O)Nc2ccccc2C(C)C)CC1.Cl. The first kappa shape index (κ1) is 20.9. The fourth-order valence-electron chi connectivity index (χ4n) is 3.20. The highest BCUT2D eigenvalue weighted by atomic mass is 35.5. The molecule has 5 heteroatoms. The van der Waals surface area contributed by atoms with E-state index in [1.165, 1.54) is 18.4 Å². The molecule has 1 aromatic rings. The van der Waals surface area contributed by atoms with Crippen molar-refractivity contribution in [2.24, 2.45) is 5.92 Å². The molecule has 2 N–H and O–H groups in total. The summed E-state index contributed by atoms with van der Waals surface area (Å²) in [6.07, 6.45) is 2.37. The van der Waals surface area contributed by atoms with Crippen LogP contribution in [0.4, 0.5) is 5.69 Å². The molecule has 1 aromatic carbocycles. The fraction of sp³-hybridized carbons (Fsp3) is 0.632. The van der Waals surface area contributed by atoms with Crippen molar-refractivity contribution in [2.45, 2.75) is 39.5 Å². The van der Waals surface area contributed by atoms with Crippen LogP contribution < -0.4 is 10.6 Å². The Kier molecular flexibility index (Phi) is 9.34. The third-order valence-corrected chi connectivity index (χ3v) is 4.61. The predicted molar refractivity (Wildman–Crippen MR) is 104 cm³/mol. The van der Waals surface area contributed by atoms with E-state index in [4.69, 9.17) is 0 Å². The number of nitrogens with zero attached hydrogens (tertiary/aromatic N) is 1. The van der Waals surface area contributed by atoms with E-state index in [9.17, 15) is 4.79 Å². The maximum Gasteiger partial charge on any atom is 0.238 e. The number of carbonyl (C=O) groups excluding carboxylic acids is 1. The Hall–Kier alpha value is -1.10. The van der Waals surface area contributed by atoms with Crippen LogP contribution in [-0.2, 0) is 4.79 Å². The second-order valence-corrected chi connectivity index (χ2v) is 6.82.